The molecule has 0 atom stereocenters. The van der Waals surface area contributed by atoms with E-state index in [-0.39, 0.29) is 22.8 Å². The number of piperidine rings is 2. The van der Waals surface area contributed by atoms with Gasteiger partial charge in [0.15, 0.2) is 0 Å². The third-order valence-corrected chi connectivity index (χ3v) is 9.31. The lowest BCUT2D eigenvalue weighted by atomic mass is 10.0. The van der Waals surface area contributed by atoms with Gasteiger partial charge >= 0.3 is 0 Å². The molecule has 2 amide bonds. The van der Waals surface area contributed by atoms with Gasteiger partial charge in [0.2, 0.25) is 10.0 Å². The molecule has 2 aliphatic rings. The molecule has 162 valence electrons. The summed E-state index contributed by atoms with van der Waals surface area (Å²) in [6.45, 7) is 2.02. The van der Waals surface area contributed by atoms with Crippen LogP contribution in [0.15, 0.2) is 33.2 Å². The summed E-state index contributed by atoms with van der Waals surface area (Å²) in [7, 11) is -3.64. The molecule has 0 radical (unpaired) electrons. The van der Waals surface area contributed by atoms with E-state index < -0.39 is 10.0 Å². The molecule has 0 unspecified atom stereocenters. The number of carbonyl (C=O) groups excluding carboxylic acids is 2. The third kappa shape index (κ3) is 4.46. The van der Waals surface area contributed by atoms with Gasteiger partial charge < -0.3 is 10.2 Å². The first-order valence-electron chi connectivity index (χ1n) is 10.2. The van der Waals surface area contributed by atoms with Gasteiger partial charge in [-0.2, -0.15) is 15.6 Å². The van der Waals surface area contributed by atoms with Crippen molar-refractivity contribution >= 4 is 44.5 Å². The normalized spacial score (nSPS) is 19.0. The lowest BCUT2D eigenvalue weighted by Gasteiger charge is -2.32. The van der Waals surface area contributed by atoms with E-state index in [9.17, 15) is 18.0 Å². The summed E-state index contributed by atoms with van der Waals surface area (Å²) >= 11 is 2.67. The summed E-state index contributed by atoms with van der Waals surface area (Å²) in [5.41, 5.74) is 0.657. The number of thiophene rings is 2. The minimum atomic E-state index is -3.64. The van der Waals surface area contributed by atoms with Gasteiger partial charge in [-0.05, 0) is 48.6 Å². The Morgan fingerprint density at radius 3 is 2.40 bits per heavy atom. The summed E-state index contributed by atoms with van der Waals surface area (Å²) in [5, 5.41) is 8.38. The van der Waals surface area contributed by atoms with E-state index in [2.05, 4.69) is 5.32 Å². The molecular weight excluding hydrogens is 442 g/mol. The maximum absolute atomic E-state index is 13.1. The molecule has 0 saturated carbocycles. The van der Waals surface area contributed by atoms with Crippen molar-refractivity contribution in [1.82, 2.24) is 14.5 Å². The zero-order valence-corrected chi connectivity index (χ0v) is 19.0. The summed E-state index contributed by atoms with van der Waals surface area (Å²) < 4.78 is 27.6. The fourth-order valence-corrected chi connectivity index (χ4v) is 7.45. The lowest BCUT2D eigenvalue weighted by molar-refractivity contribution is 0.0699. The van der Waals surface area contributed by atoms with Crippen molar-refractivity contribution in [2.75, 3.05) is 26.2 Å². The topological polar surface area (TPSA) is 86.8 Å². The zero-order chi connectivity index (χ0) is 21.1. The van der Waals surface area contributed by atoms with Crippen LogP contribution >= 0.6 is 22.7 Å². The smallest absolute Gasteiger partial charge is 0.265 e. The number of amides is 2. The number of carbonyl (C=O) groups is 2. The number of nitrogens with one attached hydrogen (secondary N) is 1. The Labute approximate surface area is 184 Å². The number of hydrogen-bond acceptors (Lipinski definition) is 6. The Morgan fingerprint density at radius 1 is 1.00 bits per heavy atom. The van der Waals surface area contributed by atoms with Gasteiger partial charge in [0.1, 0.15) is 9.77 Å². The van der Waals surface area contributed by atoms with Gasteiger partial charge in [0.05, 0.1) is 0 Å². The van der Waals surface area contributed by atoms with Crippen molar-refractivity contribution in [3.8, 4) is 0 Å². The second kappa shape index (κ2) is 9.17. The summed E-state index contributed by atoms with van der Waals surface area (Å²) in [5.74, 6) is -0.322. The van der Waals surface area contributed by atoms with Crippen molar-refractivity contribution in [2.45, 2.75) is 43.0 Å². The molecule has 10 heteroatoms. The average molecular weight is 468 g/mol. The summed E-state index contributed by atoms with van der Waals surface area (Å²) in [6, 6.07) is 3.36. The van der Waals surface area contributed by atoms with Crippen LogP contribution in [0.1, 0.15) is 52.1 Å². The molecule has 4 rings (SSSR count). The van der Waals surface area contributed by atoms with E-state index in [0.717, 1.165) is 19.3 Å². The van der Waals surface area contributed by atoms with Crippen LogP contribution in [0.5, 0.6) is 0 Å². The number of sulfonamides is 1. The molecule has 1 N–H and O–H groups in total. The van der Waals surface area contributed by atoms with Crippen molar-refractivity contribution < 1.29 is 18.0 Å². The number of hydrogen-bond donors (Lipinski definition) is 1. The highest BCUT2D eigenvalue weighted by Gasteiger charge is 2.33. The molecule has 2 fully saturated rings. The Balaban J connectivity index is 1.39. The second-order valence-electron chi connectivity index (χ2n) is 7.63. The average Bonchev–Trinajstić information content (AvgIpc) is 3.47. The van der Waals surface area contributed by atoms with Crippen LogP contribution in [0, 0.1) is 0 Å². The molecule has 2 saturated heterocycles. The molecule has 0 bridgehead atoms. The van der Waals surface area contributed by atoms with Crippen LogP contribution in [0.4, 0.5) is 0 Å². The highest BCUT2D eigenvalue weighted by atomic mass is 32.2. The van der Waals surface area contributed by atoms with E-state index in [1.807, 2.05) is 10.8 Å². The molecule has 0 aliphatic carbocycles. The molecular formula is C20H25N3O4S3. The Morgan fingerprint density at radius 2 is 1.73 bits per heavy atom. The van der Waals surface area contributed by atoms with E-state index in [1.165, 1.54) is 27.0 Å². The van der Waals surface area contributed by atoms with Crippen LogP contribution < -0.4 is 5.32 Å². The molecule has 30 heavy (non-hydrogen) atoms. The standard InChI is InChI=1S/C20H25N3O4S3/c24-19(15-6-12-28-14-15)21-16-4-10-22(11-5-16)20(25)18-17(7-13-29-18)30(26,27)23-8-2-1-3-9-23/h6-7,12-14,16H,1-5,8-11H2,(H,21,24). The Kier molecular flexibility index (Phi) is 6.57. The Bertz CT molecular complexity index is 986. The molecule has 0 aromatic carbocycles. The molecule has 7 nitrogen and oxygen atoms in total. The zero-order valence-electron chi connectivity index (χ0n) is 16.6. The van der Waals surface area contributed by atoms with Crippen molar-refractivity contribution in [3.63, 3.8) is 0 Å². The maximum Gasteiger partial charge on any atom is 0.265 e. The fraction of sp³-hybridized carbons (Fsp3) is 0.500. The minimum Gasteiger partial charge on any atom is -0.349 e. The van der Waals surface area contributed by atoms with Crippen molar-refractivity contribution in [3.05, 3.63) is 38.7 Å². The maximum atomic E-state index is 13.1. The summed E-state index contributed by atoms with van der Waals surface area (Å²) in [6.07, 6.45) is 4.07. The second-order valence-corrected chi connectivity index (χ2v) is 11.2. The molecule has 0 spiro atoms. The first-order chi connectivity index (χ1) is 14.5. The van der Waals surface area contributed by atoms with Crippen LogP contribution in [-0.2, 0) is 10.0 Å². The van der Waals surface area contributed by atoms with E-state index in [4.69, 9.17) is 0 Å². The summed E-state index contributed by atoms with van der Waals surface area (Å²) in [4.78, 5) is 27.4. The minimum absolute atomic E-state index is 0.0151. The molecule has 4 heterocycles. The van der Waals surface area contributed by atoms with Crippen LogP contribution in [0.3, 0.4) is 0 Å². The predicted molar refractivity (Wildman–Crippen MR) is 118 cm³/mol. The van der Waals surface area contributed by atoms with Crippen LogP contribution in [0.2, 0.25) is 0 Å². The number of likely N-dealkylation sites (tertiary alicyclic amines) is 1. The lowest BCUT2D eigenvalue weighted by Crippen LogP contribution is -2.46. The molecule has 2 aliphatic heterocycles. The van der Waals surface area contributed by atoms with Crippen LogP contribution in [0.25, 0.3) is 0 Å². The van der Waals surface area contributed by atoms with Gasteiger partial charge in [-0.15, -0.1) is 11.3 Å². The van der Waals surface area contributed by atoms with Crippen LogP contribution in [-0.4, -0.2) is 61.7 Å². The third-order valence-electron chi connectivity index (χ3n) is 5.66. The van der Waals surface area contributed by atoms with Gasteiger partial charge in [-0.3, -0.25) is 9.59 Å². The number of rotatable bonds is 5. The van der Waals surface area contributed by atoms with E-state index >= 15 is 0 Å². The SMILES string of the molecule is O=C(NC1CCN(C(=O)c2sccc2S(=O)(=O)N2CCCCC2)CC1)c1ccsc1. The van der Waals surface area contributed by atoms with Gasteiger partial charge in [-0.25, -0.2) is 8.42 Å². The quantitative estimate of drug-likeness (QED) is 0.732. The first-order valence-corrected chi connectivity index (χ1v) is 13.4. The van der Waals surface area contributed by atoms with Gasteiger partial charge in [0.25, 0.3) is 11.8 Å². The largest absolute Gasteiger partial charge is 0.349 e. The fourth-order valence-electron chi connectivity index (χ4n) is 3.93. The molecule has 2 aromatic heterocycles. The molecule has 2 aromatic rings. The van der Waals surface area contributed by atoms with E-state index in [1.54, 1.807) is 22.4 Å². The van der Waals surface area contributed by atoms with Crippen molar-refractivity contribution in [1.29, 1.82) is 0 Å². The highest BCUT2D eigenvalue weighted by molar-refractivity contribution is 7.89. The number of nitrogens with zero attached hydrogens (tertiary/aromatic N) is 2. The van der Waals surface area contributed by atoms with Gasteiger partial charge in [0, 0.05) is 43.2 Å². The monoisotopic (exact) mass is 467 g/mol. The van der Waals surface area contributed by atoms with Gasteiger partial charge in [-0.1, -0.05) is 6.42 Å². The predicted octanol–water partition coefficient (Wildman–Crippen LogP) is 3.02. The van der Waals surface area contributed by atoms with Crippen molar-refractivity contribution in [2.24, 2.45) is 0 Å². The Hall–Kier alpha value is -1.75. The van der Waals surface area contributed by atoms with E-state index in [0.29, 0.717) is 49.5 Å². The first kappa shape index (κ1) is 21.5. The highest BCUT2D eigenvalue weighted by Crippen LogP contribution is 2.29.